The number of hydrogen-bond acceptors (Lipinski definition) is 9. The lowest BCUT2D eigenvalue weighted by Crippen LogP contribution is -2.28. The SMILES string of the molecule is CNCc1ccc(-c2cc(-c3nc(-c4ccc(=O)n(C(CO)CO)c4)cnc3N)on2)cc1. The third-order valence-corrected chi connectivity index (χ3v) is 5.22. The van der Waals surface area contributed by atoms with E-state index in [1.807, 2.05) is 31.3 Å². The molecular formula is C23H24N6O4. The molecule has 0 unspecified atom stereocenters. The minimum Gasteiger partial charge on any atom is -0.394 e. The van der Waals surface area contributed by atoms with Crippen molar-refractivity contribution in [3.05, 3.63) is 70.8 Å². The zero-order chi connectivity index (χ0) is 23.4. The van der Waals surface area contributed by atoms with Crippen LogP contribution < -0.4 is 16.6 Å². The van der Waals surface area contributed by atoms with Gasteiger partial charge in [0, 0.05) is 36.0 Å². The molecule has 0 atom stereocenters. The van der Waals surface area contributed by atoms with E-state index in [-0.39, 0.29) is 24.6 Å². The van der Waals surface area contributed by atoms with Gasteiger partial charge in [-0.25, -0.2) is 9.97 Å². The van der Waals surface area contributed by atoms with E-state index in [1.165, 1.54) is 23.0 Å². The number of aliphatic hydroxyl groups is 2. The van der Waals surface area contributed by atoms with Gasteiger partial charge >= 0.3 is 0 Å². The molecule has 10 heteroatoms. The predicted octanol–water partition coefficient (Wildman–Crippen LogP) is 1.45. The lowest BCUT2D eigenvalue weighted by atomic mass is 10.1. The van der Waals surface area contributed by atoms with Crippen molar-refractivity contribution in [1.82, 2.24) is 25.0 Å². The zero-order valence-electron chi connectivity index (χ0n) is 18.0. The number of aliphatic hydroxyl groups excluding tert-OH is 2. The fourth-order valence-corrected chi connectivity index (χ4v) is 3.41. The molecule has 0 radical (unpaired) electrons. The summed E-state index contributed by atoms with van der Waals surface area (Å²) < 4.78 is 6.77. The Hall–Kier alpha value is -3.86. The van der Waals surface area contributed by atoms with E-state index in [0.29, 0.717) is 28.4 Å². The smallest absolute Gasteiger partial charge is 0.250 e. The van der Waals surface area contributed by atoms with Gasteiger partial charge in [0.2, 0.25) is 0 Å². The Morgan fingerprint density at radius 1 is 1.09 bits per heavy atom. The van der Waals surface area contributed by atoms with Gasteiger partial charge in [0.15, 0.2) is 17.3 Å². The molecule has 4 rings (SSSR count). The molecule has 33 heavy (non-hydrogen) atoms. The number of nitrogen functional groups attached to an aromatic ring is 1. The lowest BCUT2D eigenvalue weighted by Gasteiger charge is -2.15. The van der Waals surface area contributed by atoms with Crippen LogP contribution in [0.5, 0.6) is 0 Å². The minimum absolute atomic E-state index is 0.169. The Kier molecular flexibility index (Phi) is 6.59. The first-order chi connectivity index (χ1) is 16.0. The van der Waals surface area contributed by atoms with Crippen molar-refractivity contribution in [3.8, 4) is 34.0 Å². The third-order valence-electron chi connectivity index (χ3n) is 5.22. The highest BCUT2D eigenvalue weighted by Gasteiger charge is 2.17. The second-order valence-corrected chi connectivity index (χ2v) is 7.48. The summed E-state index contributed by atoms with van der Waals surface area (Å²) in [7, 11) is 1.89. The summed E-state index contributed by atoms with van der Waals surface area (Å²) >= 11 is 0. The van der Waals surface area contributed by atoms with E-state index in [1.54, 1.807) is 12.1 Å². The molecule has 3 heterocycles. The van der Waals surface area contributed by atoms with Crippen molar-refractivity contribution >= 4 is 5.82 Å². The Morgan fingerprint density at radius 3 is 2.52 bits per heavy atom. The highest BCUT2D eigenvalue weighted by molar-refractivity contribution is 5.72. The van der Waals surface area contributed by atoms with E-state index >= 15 is 0 Å². The Bertz CT molecular complexity index is 1300. The van der Waals surface area contributed by atoms with Gasteiger partial charge in [-0.15, -0.1) is 0 Å². The average Bonchev–Trinajstić information content (AvgIpc) is 3.32. The van der Waals surface area contributed by atoms with Crippen LogP contribution in [-0.4, -0.2) is 50.2 Å². The molecular weight excluding hydrogens is 424 g/mol. The van der Waals surface area contributed by atoms with E-state index in [0.717, 1.165) is 17.7 Å². The van der Waals surface area contributed by atoms with Gasteiger partial charge in [-0.05, 0) is 18.7 Å². The number of hydrogen-bond donors (Lipinski definition) is 4. The number of benzene rings is 1. The first kappa shape index (κ1) is 22.3. The maximum Gasteiger partial charge on any atom is 0.250 e. The molecule has 0 bridgehead atoms. The Balaban J connectivity index is 1.68. The minimum atomic E-state index is -0.755. The normalized spacial score (nSPS) is 11.3. The highest BCUT2D eigenvalue weighted by Crippen LogP contribution is 2.29. The van der Waals surface area contributed by atoms with Gasteiger partial charge in [0.25, 0.3) is 5.56 Å². The largest absolute Gasteiger partial charge is 0.394 e. The first-order valence-corrected chi connectivity index (χ1v) is 10.3. The molecule has 1 aromatic carbocycles. The van der Waals surface area contributed by atoms with E-state index in [9.17, 15) is 15.0 Å². The molecule has 0 aliphatic rings. The number of pyridine rings is 1. The van der Waals surface area contributed by atoms with Gasteiger partial charge < -0.3 is 30.4 Å². The van der Waals surface area contributed by atoms with Gasteiger partial charge in [-0.3, -0.25) is 4.79 Å². The second-order valence-electron chi connectivity index (χ2n) is 7.48. The molecule has 5 N–H and O–H groups in total. The van der Waals surface area contributed by atoms with Crippen LogP contribution >= 0.6 is 0 Å². The third kappa shape index (κ3) is 4.67. The number of nitrogens with two attached hydrogens (primary N) is 1. The number of rotatable bonds is 8. The maximum atomic E-state index is 12.2. The average molecular weight is 448 g/mol. The van der Waals surface area contributed by atoms with Crippen molar-refractivity contribution < 1.29 is 14.7 Å². The van der Waals surface area contributed by atoms with Crippen LogP contribution in [0.3, 0.4) is 0 Å². The van der Waals surface area contributed by atoms with Crippen molar-refractivity contribution in [2.24, 2.45) is 0 Å². The van der Waals surface area contributed by atoms with Crippen LogP contribution in [0.15, 0.2) is 64.2 Å². The molecule has 0 amide bonds. The summed E-state index contributed by atoms with van der Waals surface area (Å²) in [6, 6.07) is 11.9. The lowest BCUT2D eigenvalue weighted by molar-refractivity contribution is 0.152. The van der Waals surface area contributed by atoms with Crippen LogP contribution in [0.2, 0.25) is 0 Å². The molecule has 0 aliphatic carbocycles. The second kappa shape index (κ2) is 9.74. The summed E-state index contributed by atoms with van der Waals surface area (Å²) in [5.41, 5.74) is 9.70. The number of anilines is 1. The van der Waals surface area contributed by atoms with E-state index < -0.39 is 6.04 Å². The first-order valence-electron chi connectivity index (χ1n) is 10.3. The summed E-state index contributed by atoms with van der Waals surface area (Å²) in [5, 5.41) is 26.1. The Morgan fingerprint density at radius 2 is 1.82 bits per heavy atom. The summed E-state index contributed by atoms with van der Waals surface area (Å²) in [6.07, 6.45) is 3.00. The number of nitrogens with zero attached hydrogens (tertiary/aromatic N) is 4. The van der Waals surface area contributed by atoms with E-state index in [4.69, 9.17) is 10.3 Å². The van der Waals surface area contributed by atoms with Crippen molar-refractivity contribution in [2.75, 3.05) is 26.0 Å². The van der Waals surface area contributed by atoms with Crippen molar-refractivity contribution in [1.29, 1.82) is 0 Å². The molecule has 0 saturated heterocycles. The van der Waals surface area contributed by atoms with Crippen molar-refractivity contribution in [3.63, 3.8) is 0 Å². The fraction of sp³-hybridized carbons (Fsp3) is 0.217. The van der Waals surface area contributed by atoms with Crippen LogP contribution in [-0.2, 0) is 6.54 Å². The molecule has 10 nitrogen and oxygen atoms in total. The zero-order valence-corrected chi connectivity index (χ0v) is 18.0. The topological polar surface area (TPSA) is 152 Å². The molecule has 4 aromatic rings. The maximum absolute atomic E-state index is 12.2. The standard InChI is InChI=1S/C23H24N6O4/c1-25-9-14-2-4-15(5-3-14)18-8-20(33-28-18)22-23(24)26-10-19(27-22)16-6-7-21(32)29(11-16)17(12-30)13-31/h2-8,10-11,17,25,30-31H,9,12-13H2,1H3,(H2,24,26). The fourth-order valence-electron chi connectivity index (χ4n) is 3.41. The quantitative estimate of drug-likeness (QED) is 0.314. The summed E-state index contributed by atoms with van der Waals surface area (Å²) in [5.74, 6) is 0.524. The molecule has 0 spiro atoms. The molecule has 0 aliphatic heterocycles. The van der Waals surface area contributed by atoms with Gasteiger partial charge in [0.05, 0.1) is 31.1 Å². The van der Waals surface area contributed by atoms with Crippen LogP contribution in [0.4, 0.5) is 5.82 Å². The van der Waals surface area contributed by atoms with Gasteiger partial charge in [0.1, 0.15) is 5.69 Å². The van der Waals surface area contributed by atoms with Crippen LogP contribution in [0.1, 0.15) is 11.6 Å². The number of nitrogens with one attached hydrogen (secondary N) is 1. The summed E-state index contributed by atoms with van der Waals surface area (Å²) in [4.78, 5) is 20.9. The molecule has 170 valence electrons. The van der Waals surface area contributed by atoms with Crippen LogP contribution in [0.25, 0.3) is 34.0 Å². The molecule has 0 saturated carbocycles. The monoisotopic (exact) mass is 448 g/mol. The molecule has 0 fully saturated rings. The van der Waals surface area contributed by atoms with E-state index in [2.05, 4.69) is 20.4 Å². The Labute approximate surface area is 189 Å². The molecule has 3 aromatic heterocycles. The van der Waals surface area contributed by atoms with Gasteiger partial charge in [-0.1, -0.05) is 29.4 Å². The predicted molar refractivity (Wildman–Crippen MR) is 123 cm³/mol. The van der Waals surface area contributed by atoms with Gasteiger partial charge in [-0.2, -0.15) is 0 Å². The van der Waals surface area contributed by atoms with Crippen LogP contribution in [0, 0.1) is 0 Å². The van der Waals surface area contributed by atoms with Crippen molar-refractivity contribution in [2.45, 2.75) is 12.6 Å². The summed E-state index contributed by atoms with van der Waals surface area (Å²) in [6.45, 7) is 0.0124. The number of aromatic nitrogens is 4. The highest BCUT2D eigenvalue weighted by atomic mass is 16.5.